The maximum absolute atomic E-state index is 11.9. The lowest BCUT2D eigenvalue weighted by molar-refractivity contribution is -0.550. The number of hydrogen-bond donors (Lipinski definition) is 1. The van der Waals surface area contributed by atoms with Crippen molar-refractivity contribution in [3.05, 3.63) is 75.8 Å². The van der Waals surface area contributed by atoms with Gasteiger partial charge in [-0.1, -0.05) is 48.5 Å². The smallest absolute Gasteiger partial charge is 0.250 e. The van der Waals surface area contributed by atoms with E-state index in [1.54, 1.807) is 0 Å². The summed E-state index contributed by atoms with van der Waals surface area (Å²) in [6.07, 6.45) is 0.0273. The molecule has 1 N–H and O–H groups in total. The molecule has 1 saturated heterocycles. The number of benzene rings is 2. The zero-order valence-corrected chi connectivity index (χ0v) is 12.8. The van der Waals surface area contributed by atoms with Gasteiger partial charge in [-0.15, -0.1) is 0 Å². The lowest BCUT2D eigenvalue weighted by atomic mass is 9.76. The van der Waals surface area contributed by atoms with Crippen LogP contribution in [0.4, 0.5) is 5.69 Å². The topological polar surface area (TPSA) is 64.4 Å². The molecule has 0 amide bonds. The molecule has 2 aliphatic rings. The Kier molecular flexibility index (Phi) is 3.13. The number of ether oxygens (including phenoxy) is 1. The van der Waals surface area contributed by atoms with Crippen LogP contribution in [0.3, 0.4) is 0 Å². The van der Waals surface area contributed by atoms with Gasteiger partial charge in [0.05, 0.1) is 5.92 Å². The Morgan fingerprint density at radius 2 is 1.87 bits per heavy atom. The van der Waals surface area contributed by atoms with Crippen LogP contribution in [0.25, 0.3) is 0 Å². The summed E-state index contributed by atoms with van der Waals surface area (Å²) in [5.41, 5.74) is 2.21. The Morgan fingerprint density at radius 1 is 1.17 bits per heavy atom. The fourth-order valence-corrected chi connectivity index (χ4v) is 3.89. The highest BCUT2D eigenvalue weighted by Crippen LogP contribution is 2.51. The van der Waals surface area contributed by atoms with E-state index in [1.165, 1.54) is 0 Å². The number of fused-ring (bicyclic) bond motifs is 4. The average molecular weight is 310 g/mol. The molecule has 0 aliphatic carbocycles. The van der Waals surface area contributed by atoms with E-state index in [0.717, 1.165) is 16.8 Å². The molecule has 23 heavy (non-hydrogen) atoms. The molecule has 2 aromatic rings. The fraction of sp³-hybridized carbons (Fsp3) is 0.333. The summed E-state index contributed by atoms with van der Waals surface area (Å²) in [7, 11) is 0. The van der Waals surface area contributed by atoms with Crippen LogP contribution in [0.1, 0.15) is 36.5 Å². The molecule has 2 aliphatic heterocycles. The minimum atomic E-state index is -0.784. The molecule has 0 aromatic heterocycles. The first-order valence-corrected chi connectivity index (χ1v) is 7.81. The predicted octanol–water partition coefficient (Wildman–Crippen LogP) is 3.72. The minimum absolute atomic E-state index is 0.177. The molecule has 0 spiro atoms. The summed E-state index contributed by atoms with van der Waals surface area (Å²) in [5.74, 6) is -0.184. The maximum Gasteiger partial charge on any atom is 0.250 e. The Bertz CT molecular complexity index is 749. The molecule has 2 aromatic carbocycles. The first-order chi connectivity index (χ1) is 11.1. The van der Waals surface area contributed by atoms with Gasteiger partial charge in [-0.05, 0) is 18.6 Å². The van der Waals surface area contributed by atoms with Gasteiger partial charge >= 0.3 is 0 Å². The molecule has 5 nitrogen and oxygen atoms in total. The van der Waals surface area contributed by atoms with Gasteiger partial charge in [0, 0.05) is 22.6 Å². The summed E-state index contributed by atoms with van der Waals surface area (Å²) < 4.78 is 6.11. The molecule has 4 atom stereocenters. The van der Waals surface area contributed by atoms with E-state index in [4.69, 9.17) is 4.74 Å². The van der Waals surface area contributed by atoms with E-state index >= 15 is 0 Å². The lowest BCUT2D eigenvalue weighted by Crippen LogP contribution is -2.55. The van der Waals surface area contributed by atoms with Gasteiger partial charge in [-0.3, -0.25) is 10.1 Å². The number of anilines is 1. The predicted molar refractivity (Wildman–Crippen MR) is 86.9 cm³/mol. The number of nitrogens with zero attached hydrogens (tertiary/aromatic N) is 1. The molecular formula is C18H18N2O3. The van der Waals surface area contributed by atoms with Crippen molar-refractivity contribution in [1.82, 2.24) is 0 Å². The van der Waals surface area contributed by atoms with Crippen LogP contribution in [0, 0.1) is 10.1 Å². The summed E-state index contributed by atoms with van der Waals surface area (Å²) in [6.45, 7) is 1.97. The van der Waals surface area contributed by atoms with Crippen LogP contribution in [0.5, 0.6) is 0 Å². The third kappa shape index (κ3) is 2.28. The Morgan fingerprint density at radius 3 is 2.61 bits per heavy atom. The minimum Gasteiger partial charge on any atom is -0.357 e. The van der Waals surface area contributed by atoms with E-state index in [0.29, 0.717) is 6.42 Å². The number of nitrogens with one attached hydrogen (secondary N) is 1. The quantitative estimate of drug-likeness (QED) is 0.678. The number of hydrogen-bond acceptors (Lipinski definition) is 4. The van der Waals surface area contributed by atoms with Gasteiger partial charge in [-0.2, -0.15) is 0 Å². The van der Waals surface area contributed by atoms with E-state index in [1.807, 2.05) is 61.5 Å². The zero-order chi connectivity index (χ0) is 16.0. The van der Waals surface area contributed by atoms with E-state index in [2.05, 4.69) is 5.32 Å². The highest BCUT2D eigenvalue weighted by molar-refractivity contribution is 5.56. The van der Waals surface area contributed by atoms with Crippen molar-refractivity contribution in [3.63, 3.8) is 0 Å². The van der Waals surface area contributed by atoms with Crippen molar-refractivity contribution < 1.29 is 9.66 Å². The zero-order valence-electron chi connectivity index (χ0n) is 12.8. The first kappa shape index (κ1) is 14.2. The van der Waals surface area contributed by atoms with Gasteiger partial charge in [-0.25, -0.2) is 0 Å². The molecule has 0 radical (unpaired) electrons. The molecule has 0 saturated carbocycles. The van der Waals surface area contributed by atoms with Gasteiger partial charge in [0.1, 0.15) is 5.72 Å². The number of rotatable bonds is 2. The second-order valence-electron chi connectivity index (χ2n) is 6.48. The normalized spacial score (nSPS) is 31.8. The number of nitro groups is 1. The van der Waals surface area contributed by atoms with E-state index in [-0.39, 0.29) is 10.8 Å². The van der Waals surface area contributed by atoms with Crippen LogP contribution in [0.15, 0.2) is 54.6 Å². The summed E-state index contributed by atoms with van der Waals surface area (Å²) in [6, 6.07) is 16.7. The van der Waals surface area contributed by atoms with Crippen LogP contribution in [-0.4, -0.2) is 16.7 Å². The highest BCUT2D eigenvalue weighted by Gasteiger charge is 2.55. The van der Waals surface area contributed by atoms with Crippen LogP contribution in [0.2, 0.25) is 0 Å². The Hall–Kier alpha value is -2.40. The second-order valence-corrected chi connectivity index (χ2v) is 6.48. The first-order valence-electron chi connectivity index (χ1n) is 7.81. The second kappa shape index (κ2) is 5.06. The summed E-state index contributed by atoms with van der Waals surface area (Å²) in [4.78, 5) is 11.7. The standard InChI is InChI=1S/C18H18N2O3/c1-18-11-14(12-7-3-2-4-8-12)16(20(21)22)17(23-18)13-9-5-6-10-15(13)19-18/h2-10,14,16-17,19H,11H2,1H3/t14-,16+,17-,18-/m1/s1. The van der Waals surface area contributed by atoms with E-state index in [9.17, 15) is 10.1 Å². The molecular weight excluding hydrogens is 292 g/mol. The molecule has 1 fully saturated rings. The van der Waals surface area contributed by atoms with E-state index < -0.39 is 17.9 Å². The van der Waals surface area contributed by atoms with Gasteiger partial charge in [0.2, 0.25) is 6.04 Å². The van der Waals surface area contributed by atoms with Gasteiger partial charge in [0.25, 0.3) is 0 Å². The molecule has 0 unspecified atom stereocenters. The van der Waals surface area contributed by atoms with Crippen LogP contribution < -0.4 is 5.32 Å². The maximum atomic E-state index is 11.9. The van der Waals surface area contributed by atoms with Crippen LogP contribution in [-0.2, 0) is 4.74 Å². The SMILES string of the molecule is C[C@]12C[C@H](c3ccccc3)[C@H]([N+](=O)[O-])[C@H](O1)c1ccccc1N2. The monoisotopic (exact) mass is 310 g/mol. The average Bonchev–Trinajstić information content (AvgIpc) is 2.54. The number of para-hydroxylation sites is 1. The largest absolute Gasteiger partial charge is 0.357 e. The third-order valence-electron chi connectivity index (χ3n) is 4.86. The van der Waals surface area contributed by atoms with Gasteiger partial charge in [0.15, 0.2) is 6.10 Å². The summed E-state index contributed by atoms with van der Waals surface area (Å²) >= 11 is 0. The van der Waals surface area contributed by atoms with Crippen LogP contribution >= 0.6 is 0 Å². The molecule has 5 heteroatoms. The fourth-order valence-electron chi connectivity index (χ4n) is 3.89. The van der Waals surface area contributed by atoms with Crippen molar-refractivity contribution in [2.75, 3.05) is 5.32 Å². The van der Waals surface area contributed by atoms with Crippen molar-refractivity contribution in [1.29, 1.82) is 0 Å². The Balaban J connectivity index is 1.84. The van der Waals surface area contributed by atoms with Crippen molar-refractivity contribution in [3.8, 4) is 0 Å². The summed E-state index contributed by atoms with van der Waals surface area (Å²) in [5, 5.41) is 15.3. The molecule has 2 bridgehead atoms. The third-order valence-corrected chi connectivity index (χ3v) is 4.86. The van der Waals surface area contributed by atoms with Crippen molar-refractivity contribution >= 4 is 5.69 Å². The van der Waals surface area contributed by atoms with Crippen molar-refractivity contribution in [2.45, 2.75) is 37.1 Å². The molecule has 118 valence electrons. The molecule has 2 heterocycles. The van der Waals surface area contributed by atoms with Gasteiger partial charge < -0.3 is 10.1 Å². The highest BCUT2D eigenvalue weighted by atomic mass is 16.6. The molecule has 4 rings (SSSR count). The van der Waals surface area contributed by atoms with Crippen molar-refractivity contribution in [2.24, 2.45) is 0 Å². The Labute approximate surface area is 134 Å². The lowest BCUT2D eigenvalue weighted by Gasteiger charge is -2.48.